The van der Waals surface area contributed by atoms with Crippen molar-refractivity contribution in [2.75, 3.05) is 20.1 Å². The highest BCUT2D eigenvalue weighted by Gasteiger charge is 2.49. The first-order chi connectivity index (χ1) is 15.6. The number of benzene rings is 1. The smallest absolute Gasteiger partial charge is 0.245 e. The molecule has 1 aromatic carbocycles. The van der Waals surface area contributed by atoms with Gasteiger partial charge in [0.1, 0.15) is 6.04 Å². The van der Waals surface area contributed by atoms with Crippen molar-refractivity contribution in [2.45, 2.75) is 82.3 Å². The van der Waals surface area contributed by atoms with Crippen molar-refractivity contribution in [3.63, 3.8) is 0 Å². The maximum absolute atomic E-state index is 13.9. The molecule has 4 rings (SSSR count). The molecule has 5 atom stereocenters. The molecule has 0 bridgehead atoms. The minimum Gasteiger partial charge on any atom is -0.370 e. The van der Waals surface area contributed by atoms with E-state index in [1.165, 1.54) is 6.42 Å². The van der Waals surface area contributed by atoms with Gasteiger partial charge in [-0.2, -0.15) is 0 Å². The van der Waals surface area contributed by atoms with Gasteiger partial charge in [-0.1, -0.05) is 49.6 Å². The maximum Gasteiger partial charge on any atom is 0.245 e. The summed E-state index contributed by atoms with van der Waals surface area (Å²) in [4.78, 5) is 28.6. The van der Waals surface area contributed by atoms with E-state index in [4.69, 9.17) is 4.74 Å². The lowest BCUT2D eigenvalue weighted by atomic mass is 9.83. The second-order valence-corrected chi connectivity index (χ2v) is 9.56. The van der Waals surface area contributed by atoms with E-state index in [0.29, 0.717) is 13.2 Å². The van der Waals surface area contributed by atoms with Crippen molar-refractivity contribution >= 4 is 11.8 Å². The van der Waals surface area contributed by atoms with Crippen LogP contribution in [0.15, 0.2) is 30.3 Å². The van der Waals surface area contributed by atoms with Gasteiger partial charge in [0.15, 0.2) is 0 Å². The van der Waals surface area contributed by atoms with E-state index in [9.17, 15) is 9.59 Å². The van der Waals surface area contributed by atoms with Gasteiger partial charge in [0.2, 0.25) is 11.8 Å². The lowest BCUT2D eigenvalue weighted by Crippen LogP contribution is -2.58. The highest BCUT2D eigenvalue weighted by atomic mass is 16.5. The van der Waals surface area contributed by atoms with E-state index in [0.717, 1.165) is 44.2 Å². The van der Waals surface area contributed by atoms with Crippen LogP contribution in [-0.2, 0) is 20.9 Å². The van der Waals surface area contributed by atoms with Crippen LogP contribution in [0, 0.1) is 5.92 Å². The Morgan fingerprint density at radius 1 is 1.16 bits per heavy atom. The zero-order valence-electron chi connectivity index (χ0n) is 19.4. The van der Waals surface area contributed by atoms with Gasteiger partial charge in [0, 0.05) is 19.1 Å². The van der Waals surface area contributed by atoms with Gasteiger partial charge in [-0.05, 0) is 44.7 Å². The molecule has 1 saturated carbocycles. The van der Waals surface area contributed by atoms with E-state index in [2.05, 4.69) is 28.1 Å². The Morgan fingerprint density at radius 3 is 2.62 bits per heavy atom. The molecule has 2 aliphatic heterocycles. The van der Waals surface area contributed by atoms with Crippen LogP contribution < -0.4 is 16.0 Å². The molecule has 1 aliphatic carbocycles. The van der Waals surface area contributed by atoms with E-state index in [-0.39, 0.29) is 42.0 Å². The highest BCUT2D eigenvalue weighted by molar-refractivity contribution is 5.90. The summed E-state index contributed by atoms with van der Waals surface area (Å²) >= 11 is 0. The molecule has 0 radical (unpaired) electrons. The Balaban J connectivity index is 1.47. The number of amides is 2. The predicted octanol–water partition coefficient (Wildman–Crippen LogP) is 1.82. The van der Waals surface area contributed by atoms with Crippen LogP contribution in [0.2, 0.25) is 0 Å². The average Bonchev–Trinajstić information content (AvgIpc) is 3.44. The maximum atomic E-state index is 13.9. The molecule has 7 heteroatoms. The summed E-state index contributed by atoms with van der Waals surface area (Å²) in [7, 11) is 1.77. The molecule has 1 unspecified atom stereocenters. The Kier molecular flexibility index (Phi) is 7.81. The second kappa shape index (κ2) is 10.8. The number of likely N-dealkylation sites (N-methyl/N-ethyl adjacent to an activating group) is 1. The molecule has 32 heavy (non-hydrogen) atoms. The SMILES string of the molecule is CNC(C)C(=O)N[C@H](C(=O)N1CC[C@H]2NC[C@H](OCc3ccccc3)[C@H]21)C1CCCCC1. The molecule has 7 nitrogen and oxygen atoms in total. The summed E-state index contributed by atoms with van der Waals surface area (Å²) < 4.78 is 6.29. The van der Waals surface area contributed by atoms with Crippen molar-refractivity contribution < 1.29 is 14.3 Å². The number of fused-ring (bicyclic) bond motifs is 1. The van der Waals surface area contributed by atoms with Crippen LogP contribution in [0.1, 0.15) is 51.0 Å². The van der Waals surface area contributed by atoms with Crippen molar-refractivity contribution in [2.24, 2.45) is 5.92 Å². The molecule has 176 valence electrons. The summed E-state index contributed by atoms with van der Waals surface area (Å²) in [6.07, 6.45) is 6.36. The van der Waals surface area contributed by atoms with Gasteiger partial charge in [0.25, 0.3) is 0 Å². The Hall–Kier alpha value is -1.96. The van der Waals surface area contributed by atoms with Crippen molar-refractivity contribution in [3.05, 3.63) is 35.9 Å². The number of nitrogens with one attached hydrogen (secondary N) is 3. The summed E-state index contributed by atoms with van der Waals surface area (Å²) in [6, 6.07) is 9.68. The van der Waals surface area contributed by atoms with Crippen LogP contribution in [0.4, 0.5) is 0 Å². The van der Waals surface area contributed by atoms with E-state index >= 15 is 0 Å². The lowest BCUT2D eigenvalue weighted by molar-refractivity contribution is -0.141. The quantitative estimate of drug-likeness (QED) is 0.572. The fourth-order valence-electron chi connectivity index (χ4n) is 5.51. The van der Waals surface area contributed by atoms with Gasteiger partial charge in [-0.25, -0.2) is 0 Å². The number of nitrogens with zero attached hydrogens (tertiary/aromatic N) is 1. The number of hydrogen-bond donors (Lipinski definition) is 3. The fraction of sp³-hybridized carbons (Fsp3) is 0.680. The topological polar surface area (TPSA) is 82.7 Å². The normalized spacial score (nSPS) is 27.7. The van der Waals surface area contributed by atoms with Crippen LogP contribution in [0.3, 0.4) is 0 Å². The molecule has 3 aliphatic rings. The Morgan fingerprint density at radius 2 is 1.91 bits per heavy atom. The minimum absolute atomic E-state index is 0.0240. The van der Waals surface area contributed by atoms with Gasteiger partial charge >= 0.3 is 0 Å². The second-order valence-electron chi connectivity index (χ2n) is 9.56. The third-order valence-corrected chi connectivity index (χ3v) is 7.52. The first-order valence-corrected chi connectivity index (χ1v) is 12.3. The third kappa shape index (κ3) is 5.16. The van der Waals surface area contributed by atoms with Crippen LogP contribution >= 0.6 is 0 Å². The van der Waals surface area contributed by atoms with Gasteiger partial charge in [-0.15, -0.1) is 0 Å². The molecule has 1 aromatic rings. The van der Waals surface area contributed by atoms with Crippen LogP contribution in [0.5, 0.6) is 0 Å². The average molecular weight is 443 g/mol. The van der Waals surface area contributed by atoms with Gasteiger partial charge in [0.05, 0.1) is 24.8 Å². The first kappa shape index (κ1) is 23.2. The monoisotopic (exact) mass is 442 g/mol. The van der Waals surface area contributed by atoms with E-state index in [1.807, 2.05) is 30.0 Å². The molecule has 3 fully saturated rings. The number of carbonyl (C=O) groups is 2. The summed E-state index contributed by atoms with van der Waals surface area (Å²) in [6.45, 7) is 3.84. The van der Waals surface area contributed by atoms with Crippen LogP contribution in [0.25, 0.3) is 0 Å². The Bertz CT molecular complexity index is 768. The predicted molar refractivity (Wildman–Crippen MR) is 124 cm³/mol. The molecule has 0 aromatic heterocycles. The molecule has 0 spiro atoms. The fourth-order valence-corrected chi connectivity index (χ4v) is 5.51. The van der Waals surface area contributed by atoms with Gasteiger partial charge in [-0.3, -0.25) is 9.59 Å². The Labute approximate surface area is 191 Å². The highest BCUT2D eigenvalue weighted by Crippen LogP contribution is 2.32. The molecule has 2 heterocycles. The molecular weight excluding hydrogens is 404 g/mol. The standard InChI is InChI=1S/C25H38N4O3/c1-17(26-2)24(30)28-22(19-11-7-4-8-12-19)25(31)29-14-13-20-23(29)21(15-27-20)32-16-18-9-5-3-6-10-18/h3,5-6,9-10,17,19-23,26-27H,4,7-8,11-16H2,1-2H3,(H,28,30)/t17?,20-,21+,22+,23+/m1/s1. The van der Waals surface area contributed by atoms with E-state index < -0.39 is 6.04 Å². The third-order valence-electron chi connectivity index (χ3n) is 7.52. The number of likely N-dealkylation sites (tertiary alicyclic amines) is 1. The van der Waals surface area contributed by atoms with Crippen molar-refractivity contribution in [1.29, 1.82) is 0 Å². The minimum atomic E-state index is -0.451. The van der Waals surface area contributed by atoms with E-state index in [1.54, 1.807) is 7.05 Å². The molecule has 2 saturated heterocycles. The number of rotatable bonds is 8. The number of ether oxygens (including phenoxy) is 1. The van der Waals surface area contributed by atoms with Crippen LogP contribution in [-0.4, -0.2) is 67.1 Å². The molecule has 2 amide bonds. The lowest BCUT2D eigenvalue weighted by Gasteiger charge is -2.36. The summed E-state index contributed by atoms with van der Waals surface area (Å²) in [5, 5.41) is 9.66. The molecule has 3 N–H and O–H groups in total. The summed E-state index contributed by atoms with van der Waals surface area (Å²) in [5.74, 6) is 0.174. The summed E-state index contributed by atoms with van der Waals surface area (Å²) in [5.41, 5.74) is 1.14. The number of carbonyl (C=O) groups excluding carboxylic acids is 2. The zero-order chi connectivity index (χ0) is 22.5. The number of hydrogen-bond acceptors (Lipinski definition) is 5. The largest absolute Gasteiger partial charge is 0.370 e. The van der Waals surface area contributed by atoms with Gasteiger partial charge < -0.3 is 25.6 Å². The van der Waals surface area contributed by atoms with Crippen molar-refractivity contribution in [3.8, 4) is 0 Å². The molecular formula is C25H38N4O3. The first-order valence-electron chi connectivity index (χ1n) is 12.3. The van der Waals surface area contributed by atoms with Crippen molar-refractivity contribution in [1.82, 2.24) is 20.9 Å². The zero-order valence-corrected chi connectivity index (χ0v) is 19.4.